The third-order valence-corrected chi connectivity index (χ3v) is 10.3. The van der Waals surface area contributed by atoms with E-state index in [1.165, 1.54) is 47.1 Å². The number of rotatable bonds is 3. The maximum absolute atomic E-state index is 5.19. The van der Waals surface area contributed by atoms with Crippen LogP contribution in [0.2, 0.25) is 0 Å². The molecule has 3 heterocycles. The molecule has 47 heavy (non-hydrogen) atoms. The maximum atomic E-state index is 5.19. The molecule has 0 fully saturated rings. The molecule has 0 saturated heterocycles. The van der Waals surface area contributed by atoms with Gasteiger partial charge in [-0.1, -0.05) is 115 Å². The van der Waals surface area contributed by atoms with Gasteiger partial charge >= 0.3 is 0 Å². The third-order valence-electron chi connectivity index (χ3n) is 9.14. The number of benzene rings is 7. The Morgan fingerprint density at radius 2 is 1.06 bits per heavy atom. The molecule has 3 aromatic heterocycles. The van der Waals surface area contributed by atoms with Gasteiger partial charge in [0.1, 0.15) is 0 Å². The number of aromatic nitrogens is 4. The summed E-state index contributed by atoms with van der Waals surface area (Å²) in [4.78, 5) is 20.2. The van der Waals surface area contributed by atoms with E-state index in [1.807, 2.05) is 12.3 Å². The second kappa shape index (κ2) is 10.2. The van der Waals surface area contributed by atoms with Crippen LogP contribution in [0, 0.1) is 0 Å². The van der Waals surface area contributed by atoms with Gasteiger partial charge in [-0.25, -0.2) is 15.0 Å². The van der Waals surface area contributed by atoms with Crippen LogP contribution in [0.1, 0.15) is 0 Å². The van der Waals surface area contributed by atoms with Crippen molar-refractivity contribution in [3.8, 4) is 34.2 Å². The second-order valence-electron chi connectivity index (χ2n) is 11.9. The highest BCUT2D eigenvalue weighted by Gasteiger charge is 2.17. The van der Waals surface area contributed by atoms with Crippen LogP contribution < -0.4 is 0 Å². The molecule has 0 spiro atoms. The third kappa shape index (κ3) is 4.21. The lowest BCUT2D eigenvalue weighted by Crippen LogP contribution is -2.00. The van der Waals surface area contributed by atoms with E-state index in [-0.39, 0.29) is 0 Å². The minimum absolute atomic E-state index is 0.650. The summed E-state index contributed by atoms with van der Waals surface area (Å²) in [5.41, 5.74) is 3.94. The van der Waals surface area contributed by atoms with Crippen LogP contribution >= 0.6 is 11.3 Å². The molecule has 10 rings (SSSR count). The molecular weight excluding hydrogens is 593 g/mol. The molecule has 7 aromatic carbocycles. The monoisotopic (exact) mass is 616 g/mol. The van der Waals surface area contributed by atoms with Crippen LogP contribution in [0.25, 0.3) is 97.6 Å². The summed E-state index contributed by atoms with van der Waals surface area (Å²) in [6.07, 6.45) is 1.87. The maximum Gasteiger partial charge on any atom is 0.164 e. The molecule has 4 nitrogen and oxygen atoms in total. The highest BCUT2D eigenvalue weighted by molar-refractivity contribution is 7.26. The fraction of sp³-hybridized carbons (Fsp3) is 0. The quantitative estimate of drug-likeness (QED) is 0.185. The summed E-state index contributed by atoms with van der Waals surface area (Å²) in [7, 11) is 0. The van der Waals surface area contributed by atoms with Gasteiger partial charge in [0, 0.05) is 38.4 Å². The predicted molar refractivity (Wildman–Crippen MR) is 197 cm³/mol. The van der Waals surface area contributed by atoms with E-state index in [9.17, 15) is 0 Å². The standard InChI is InChI=1S/C42H24N4S/c1-2-9-28-23-29(18-14-25(28)7-1)40-44-41(30-19-17-27-16-15-26-8-3-4-10-31(26)36(27)24-30)46-42(45-40)34-12-5-11-33-32(34)20-21-35-38-37(47-39(33)35)13-6-22-43-38/h1-24H. The van der Waals surface area contributed by atoms with Gasteiger partial charge in [0.05, 0.1) is 10.2 Å². The Morgan fingerprint density at radius 1 is 0.404 bits per heavy atom. The van der Waals surface area contributed by atoms with Crippen LogP contribution in [-0.4, -0.2) is 19.9 Å². The highest BCUT2D eigenvalue weighted by Crippen LogP contribution is 2.40. The number of hydrogen-bond acceptors (Lipinski definition) is 5. The normalized spacial score (nSPS) is 11.8. The van der Waals surface area contributed by atoms with Crippen molar-refractivity contribution in [2.75, 3.05) is 0 Å². The van der Waals surface area contributed by atoms with Crippen molar-refractivity contribution in [1.82, 2.24) is 19.9 Å². The summed E-state index contributed by atoms with van der Waals surface area (Å²) in [6, 6.07) is 49.1. The zero-order chi connectivity index (χ0) is 30.9. The Bertz CT molecular complexity index is 2870. The first-order valence-electron chi connectivity index (χ1n) is 15.6. The molecule has 0 unspecified atom stereocenters. The van der Waals surface area contributed by atoms with Crippen molar-refractivity contribution in [3.05, 3.63) is 146 Å². The van der Waals surface area contributed by atoms with E-state index in [1.54, 1.807) is 11.3 Å². The van der Waals surface area contributed by atoms with Crippen molar-refractivity contribution in [3.63, 3.8) is 0 Å². The van der Waals surface area contributed by atoms with E-state index in [0.717, 1.165) is 33.0 Å². The van der Waals surface area contributed by atoms with Crippen LogP contribution in [0.3, 0.4) is 0 Å². The van der Waals surface area contributed by atoms with E-state index >= 15 is 0 Å². The summed E-state index contributed by atoms with van der Waals surface area (Å²) >= 11 is 1.78. The lowest BCUT2D eigenvalue weighted by molar-refractivity contribution is 1.08. The van der Waals surface area contributed by atoms with E-state index < -0.39 is 0 Å². The molecule has 10 aromatic rings. The first-order valence-corrected chi connectivity index (χ1v) is 16.4. The Balaban J connectivity index is 1.23. The molecule has 0 aliphatic rings. The summed E-state index contributed by atoms with van der Waals surface area (Å²) < 4.78 is 2.41. The minimum Gasteiger partial charge on any atom is -0.255 e. The van der Waals surface area contributed by atoms with E-state index in [4.69, 9.17) is 15.0 Å². The van der Waals surface area contributed by atoms with Gasteiger partial charge in [0.25, 0.3) is 0 Å². The van der Waals surface area contributed by atoms with E-state index in [0.29, 0.717) is 17.5 Å². The summed E-state index contributed by atoms with van der Waals surface area (Å²) in [5.74, 6) is 1.95. The fourth-order valence-electron chi connectivity index (χ4n) is 6.83. The molecule has 0 atom stereocenters. The van der Waals surface area contributed by atoms with Crippen molar-refractivity contribution >= 4 is 74.7 Å². The smallest absolute Gasteiger partial charge is 0.164 e. The average molecular weight is 617 g/mol. The van der Waals surface area contributed by atoms with Gasteiger partial charge in [-0.15, -0.1) is 11.3 Å². The van der Waals surface area contributed by atoms with Gasteiger partial charge in [-0.05, 0) is 62.0 Å². The number of pyridine rings is 1. The van der Waals surface area contributed by atoms with Crippen LogP contribution in [0.4, 0.5) is 0 Å². The predicted octanol–water partition coefficient (Wildman–Crippen LogP) is 11.2. The zero-order valence-electron chi connectivity index (χ0n) is 25.1. The molecule has 5 heteroatoms. The first kappa shape index (κ1) is 26.2. The molecule has 0 N–H and O–H groups in total. The molecule has 218 valence electrons. The highest BCUT2D eigenvalue weighted by atomic mass is 32.1. The molecular formula is C42H24N4S. The van der Waals surface area contributed by atoms with Gasteiger partial charge in [-0.3, -0.25) is 4.98 Å². The van der Waals surface area contributed by atoms with Crippen molar-refractivity contribution in [2.24, 2.45) is 0 Å². The zero-order valence-corrected chi connectivity index (χ0v) is 25.9. The fourth-order valence-corrected chi connectivity index (χ4v) is 8.02. The van der Waals surface area contributed by atoms with Gasteiger partial charge in [-0.2, -0.15) is 0 Å². The molecule has 0 saturated carbocycles. The average Bonchev–Trinajstić information content (AvgIpc) is 3.53. The van der Waals surface area contributed by atoms with Crippen LogP contribution in [0.5, 0.6) is 0 Å². The van der Waals surface area contributed by atoms with Crippen LogP contribution in [0.15, 0.2) is 146 Å². The molecule has 0 aliphatic carbocycles. The molecule has 0 bridgehead atoms. The Morgan fingerprint density at radius 3 is 1.94 bits per heavy atom. The number of fused-ring (bicyclic) bond motifs is 9. The van der Waals surface area contributed by atoms with Crippen molar-refractivity contribution in [2.45, 2.75) is 0 Å². The largest absolute Gasteiger partial charge is 0.255 e. The first-order chi connectivity index (χ1) is 23.3. The van der Waals surface area contributed by atoms with Crippen molar-refractivity contribution < 1.29 is 0 Å². The second-order valence-corrected chi connectivity index (χ2v) is 12.9. The Labute approximate surface area is 273 Å². The van der Waals surface area contributed by atoms with Gasteiger partial charge in [0.15, 0.2) is 17.5 Å². The van der Waals surface area contributed by atoms with Crippen LogP contribution in [-0.2, 0) is 0 Å². The lowest BCUT2D eigenvalue weighted by Gasteiger charge is -2.12. The van der Waals surface area contributed by atoms with Gasteiger partial charge < -0.3 is 0 Å². The van der Waals surface area contributed by atoms with Crippen molar-refractivity contribution in [1.29, 1.82) is 0 Å². The molecule has 0 amide bonds. The number of hydrogen-bond donors (Lipinski definition) is 0. The number of thiophene rings is 1. The van der Waals surface area contributed by atoms with E-state index in [2.05, 4.69) is 138 Å². The SMILES string of the molecule is c1ccc2cc(-c3nc(-c4ccc5ccc6ccccc6c5c4)nc(-c4cccc5c4ccc4c6ncccc6sc54)n3)ccc2c1. The minimum atomic E-state index is 0.650. The number of nitrogens with zero attached hydrogens (tertiary/aromatic N) is 4. The molecule has 0 radical (unpaired) electrons. The summed E-state index contributed by atoms with van der Waals surface area (Å²) in [6.45, 7) is 0. The topological polar surface area (TPSA) is 51.6 Å². The lowest BCUT2D eigenvalue weighted by atomic mass is 9.99. The Kier molecular flexibility index (Phi) is 5.71. The summed E-state index contributed by atoms with van der Waals surface area (Å²) in [5, 5.41) is 10.6. The molecule has 0 aliphatic heterocycles. The van der Waals surface area contributed by atoms with Gasteiger partial charge in [0.2, 0.25) is 0 Å². The Hall–Kier alpha value is -6.04.